The molecule has 0 saturated carbocycles. The zero-order chi connectivity index (χ0) is 14.5. The number of rotatable bonds is 6. The summed E-state index contributed by atoms with van der Waals surface area (Å²) in [4.78, 5) is 0. The molecule has 1 aromatic rings. The van der Waals surface area contributed by atoms with Crippen molar-refractivity contribution < 1.29 is 26.9 Å². The lowest BCUT2D eigenvalue weighted by molar-refractivity contribution is -0.667. The molecule has 0 atom stereocenters. The van der Waals surface area contributed by atoms with Crippen LogP contribution in [-0.2, 0) is 22.7 Å². The van der Waals surface area contributed by atoms with E-state index in [2.05, 4.69) is 4.72 Å². The molecule has 0 aliphatic heterocycles. The van der Waals surface area contributed by atoms with Crippen molar-refractivity contribution in [1.29, 1.82) is 0 Å². The fourth-order valence-electron chi connectivity index (χ4n) is 1.54. The predicted molar refractivity (Wildman–Crippen MR) is 65.0 cm³/mol. The first-order valence-electron chi connectivity index (χ1n) is 5.55. The maximum Gasteiger partial charge on any atom is 0.416 e. The van der Waals surface area contributed by atoms with Gasteiger partial charge in [-0.15, -0.1) is 0 Å². The average Bonchev–Trinajstić information content (AvgIpc) is 2.26. The zero-order valence-electron chi connectivity index (χ0n) is 10.3. The van der Waals surface area contributed by atoms with Crippen LogP contribution in [0.5, 0.6) is 0 Å². The molecule has 0 heterocycles. The number of hydrogen-bond acceptors (Lipinski definition) is 2. The Hall–Kier alpha value is -1.12. The van der Waals surface area contributed by atoms with Crippen LogP contribution < -0.4 is 5.32 Å². The monoisotopic (exact) mass is 296 g/mol. The van der Waals surface area contributed by atoms with E-state index >= 15 is 0 Å². The van der Waals surface area contributed by atoms with Crippen LogP contribution in [0.4, 0.5) is 13.2 Å². The number of hydrogen-bond donors (Lipinski definition) is 1. The lowest BCUT2D eigenvalue weighted by Gasteiger charge is -2.15. The number of nitrogens with two attached hydrogens (primary N) is 1. The van der Waals surface area contributed by atoms with Crippen LogP contribution >= 0.6 is 0 Å². The highest BCUT2D eigenvalue weighted by molar-refractivity contribution is 7.93. The summed E-state index contributed by atoms with van der Waals surface area (Å²) in [6, 6.07) is 5.32. The fourth-order valence-corrected chi connectivity index (χ4v) is 1.98. The summed E-state index contributed by atoms with van der Waals surface area (Å²) in [6.07, 6.45) is -3.40. The van der Waals surface area contributed by atoms with Gasteiger partial charge in [-0.3, -0.25) is 0 Å². The minimum Gasteiger partial charge on any atom is -0.545 e. The van der Waals surface area contributed by atoms with Crippen molar-refractivity contribution in [3.8, 4) is 0 Å². The molecule has 1 rings (SSSR count). The van der Waals surface area contributed by atoms with Gasteiger partial charge >= 0.3 is 6.18 Å². The van der Waals surface area contributed by atoms with Gasteiger partial charge in [-0.05, 0) is 6.07 Å². The molecule has 4 nitrogen and oxygen atoms in total. The van der Waals surface area contributed by atoms with Gasteiger partial charge in [0.1, 0.15) is 6.54 Å². The molecule has 2 N–H and O–H groups in total. The first-order chi connectivity index (χ1) is 8.70. The molecule has 0 aliphatic carbocycles. The highest BCUT2D eigenvalue weighted by atomic mass is 32.2. The molecule has 1 aromatic carbocycles. The van der Waals surface area contributed by atoms with Crippen LogP contribution in [0.15, 0.2) is 24.3 Å². The Bertz CT molecular complexity index is 515. The highest BCUT2D eigenvalue weighted by Crippen LogP contribution is 2.31. The molecule has 108 valence electrons. The van der Waals surface area contributed by atoms with Gasteiger partial charge < -0.3 is 10.0 Å². The van der Waals surface area contributed by atoms with E-state index in [9.17, 15) is 21.6 Å². The second kappa shape index (κ2) is 6.36. The summed E-state index contributed by atoms with van der Waals surface area (Å²) in [5, 5.41) is 1.60. The van der Waals surface area contributed by atoms with E-state index in [4.69, 9.17) is 0 Å². The van der Waals surface area contributed by atoms with Crippen LogP contribution in [0.3, 0.4) is 0 Å². The van der Waals surface area contributed by atoms with E-state index in [1.807, 2.05) is 0 Å². The molecular weight excluding hydrogens is 281 g/mol. The number of halogens is 3. The van der Waals surface area contributed by atoms with Gasteiger partial charge in [0.2, 0.25) is 0 Å². The summed E-state index contributed by atoms with van der Waals surface area (Å²) >= 11 is 0. The summed E-state index contributed by atoms with van der Waals surface area (Å²) in [7, 11) is -3.38. The lowest BCUT2D eigenvalue weighted by Crippen LogP contribution is -2.83. The quantitative estimate of drug-likeness (QED) is 0.799. The molecule has 0 aliphatic rings. The van der Waals surface area contributed by atoms with E-state index in [0.717, 1.165) is 12.3 Å². The summed E-state index contributed by atoms with van der Waals surface area (Å²) in [6.45, 7) is 0.515. The van der Waals surface area contributed by atoms with Crippen molar-refractivity contribution in [1.82, 2.24) is 0 Å². The van der Waals surface area contributed by atoms with E-state index < -0.39 is 21.8 Å². The Labute approximate surface area is 110 Å². The number of sulfonamides is 1. The maximum atomic E-state index is 12.7. The lowest BCUT2D eigenvalue weighted by atomic mass is 10.1. The van der Waals surface area contributed by atoms with E-state index in [0.29, 0.717) is 6.54 Å². The van der Waals surface area contributed by atoms with Gasteiger partial charge in [0.15, 0.2) is 0 Å². The molecule has 0 aromatic heterocycles. The maximum absolute atomic E-state index is 12.7. The summed E-state index contributed by atoms with van der Waals surface area (Å²) in [5.41, 5.74) is -0.486. The predicted octanol–water partition coefficient (Wildman–Crippen LogP) is 1.10. The normalized spacial score (nSPS) is 12.6. The average molecular weight is 296 g/mol. The van der Waals surface area contributed by atoms with Crippen LogP contribution in [0.1, 0.15) is 11.1 Å². The molecule has 0 saturated heterocycles. The summed E-state index contributed by atoms with van der Waals surface area (Å²) in [5.74, 6) is 0. The Morgan fingerprint density at radius 2 is 1.89 bits per heavy atom. The second-order valence-corrected chi connectivity index (χ2v) is 5.75. The second-order valence-electron chi connectivity index (χ2n) is 4.02. The third kappa shape index (κ3) is 6.04. The molecule has 0 bridgehead atoms. The van der Waals surface area contributed by atoms with Gasteiger partial charge in [-0.1, -0.05) is 24.7 Å². The Balaban J connectivity index is 2.50. The minimum absolute atomic E-state index is 0.0625. The Morgan fingerprint density at radius 3 is 2.47 bits per heavy atom. The first kappa shape index (κ1) is 15.9. The minimum atomic E-state index is -4.37. The van der Waals surface area contributed by atoms with Crippen molar-refractivity contribution in [2.24, 2.45) is 0 Å². The highest BCUT2D eigenvalue weighted by Gasteiger charge is 2.33. The van der Waals surface area contributed by atoms with Gasteiger partial charge in [0, 0.05) is 11.8 Å². The number of nitrogens with zero attached hydrogens (tertiary/aromatic N) is 1. The first-order valence-corrected chi connectivity index (χ1v) is 7.40. The van der Waals surface area contributed by atoms with Gasteiger partial charge in [0.25, 0.3) is 0 Å². The number of quaternary nitrogens is 1. The van der Waals surface area contributed by atoms with Gasteiger partial charge in [-0.2, -0.15) is 13.2 Å². The molecule has 0 amide bonds. The molecule has 0 spiro atoms. The third-order valence-electron chi connectivity index (χ3n) is 2.35. The van der Waals surface area contributed by atoms with Crippen LogP contribution in [-0.4, -0.2) is 27.8 Å². The zero-order valence-corrected chi connectivity index (χ0v) is 11.1. The SMILES string of the molecule is CS(=O)(=O)[N-]CC[NH2+]Cc1ccccc1C(F)(F)F. The topological polar surface area (TPSA) is 64.8 Å². The van der Waals surface area contributed by atoms with Crippen molar-refractivity contribution >= 4 is 10.0 Å². The number of benzene rings is 1. The van der Waals surface area contributed by atoms with Gasteiger partial charge in [0.05, 0.1) is 22.1 Å². The van der Waals surface area contributed by atoms with Crippen LogP contribution in [0.2, 0.25) is 0 Å². The standard InChI is InChI=1S/C11H14F3N2O2S/c1-19(17,18)16-7-6-15-8-9-4-2-3-5-10(9)11(12,13)14/h2-5,15H,6-8H2,1H3/q-1/p+1. The van der Waals surface area contributed by atoms with Crippen molar-refractivity contribution in [2.75, 3.05) is 19.3 Å². The largest absolute Gasteiger partial charge is 0.545 e. The van der Waals surface area contributed by atoms with Crippen molar-refractivity contribution in [3.63, 3.8) is 0 Å². The van der Waals surface area contributed by atoms with Crippen molar-refractivity contribution in [3.05, 3.63) is 40.1 Å². The van der Waals surface area contributed by atoms with E-state index in [-0.39, 0.29) is 18.7 Å². The molecule has 19 heavy (non-hydrogen) atoms. The van der Waals surface area contributed by atoms with Crippen molar-refractivity contribution in [2.45, 2.75) is 12.7 Å². The third-order valence-corrected chi connectivity index (χ3v) is 3.00. The summed E-state index contributed by atoms with van der Waals surface area (Å²) < 4.78 is 62.8. The smallest absolute Gasteiger partial charge is 0.416 e. The molecule has 0 unspecified atom stereocenters. The Kier molecular flexibility index (Phi) is 5.33. The van der Waals surface area contributed by atoms with Crippen LogP contribution in [0, 0.1) is 0 Å². The van der Waals surface area contributed by atoms with E-state index in [1.54, 1.807) is 11.4 Å². The molecular formula is C11H15F3N2O2S. The molecule has 8 heteroatoms. The fraction of sp³-hybridized carbons (Fsp3) is 0.455. The van der Waals surface area contributed by atoms with Crippen LogP contribution in [0.25, 0.3) is 4.72 Å². The molecule has 0 radical (unpaired) electrons. The number of alkyl halides is 3. The van der Waals surface area contributed by atoms with E-state index in [1.165, 1.54) is 12.1 Å². The Morgan fingerprint density at radius 1 is 1.26 bits per heavy atom. The van der Waals surface area contributed by atoms with Gasteiger partial charge in [-0.25, -0.2) is 8.42 Å². The molecule has 0 fully saturated rings.